The minimum atomic E-state index is -3.72. The van der Waals surface area contributed by atoms with Crippen molar-refractivity contribution in [1.29, 1.82) is 0 Å². The maximum atomic E-state index is 12.2. The molecule has 0 saturated heterocycles. The maximum absolute atomic E-state index is 12.2. The van der Waals surface area contributed by atoms with Crippen LogP contribution in [0.3, 0.4) is 0 Å². The quantitative estimate of drug-likeness (QED) is 0.800. The Morgan fingerprint density at radius 2 is 1.95 bits per heavy atom. The van der Waals surface area contributed by atoms with E-state index in [0.717, 1.165) is 0 Å². The number of aromatic amines is 1. The summed E-state index contributed by atoms with van der Waals surface area (Å²) in [6.45, 7) is 4.99. The fourth-order valence-electron chi connectivity index (χ4n) is 1.82. The summed E-state index contributed by atoms with van der Waals surface area (Å²) in [5.74, 6) is 0.0424. The Labute approximate surface area is 111 Å². The standard InChI is InChI=1S/C12H15N3O3S/c1-7-4-5-10(6-11(7)16)15-19(17,18)12-8(2)13-14-9(12)3/h4-6,15-16H,1-3H3,(H,13,14). The first kappa shape index (κ1) is 13.4. The van der Waals surface area contributed by atoms with Crippen molar-refractivity contribution < 1.29 is 13.5 Å². The van der Waals surface area contributed by atoms with Gasteiger partial charge in [-0.3, -0.25) is 9.82 Å². The maximum Gasteiger partial charge on any atom is 0.265 e. The normalized spacial score (nSPS) is 11.5. The number of sulfonamides is 1. The summed E-state index contributed by atoms with van der Waals surface area (Å²) in [7, 11) is -3.72. The fraction of sp³-hybridized carbons (Fsp3) is 0.250. The van der Waals surface area contributed by atoms with Gasteiger partial charge in [0.2, 0.25) is 0 Å². The van der Waals surface area contributed by atoms with Gasteiger partial charge in [-0.2, -0.15) is 5.10 Å². The number of nitrogens with one attached hydrogen (secondary N) is 2. The first-order valence-corrected chi connectivity index (χ1v) is 7.13. The highest BCUT2D eigenvalue weighted by molar-refractivity contribution is 7.92. The topological polar surface area (TPSA) is 95.1 Å². The number of hydrogen-bond acceptors (Lipinski definition) is 4. The number of aromatic nitrogens is 2. The van der Waals surface area contributed by atoms with Gasteiger partial charge in [-0.25, -0.2) is 8.42 Å². The summed E-state index contributed by atoms with van der Waals surface area (Å²) < 4.78 is 26.9. The molecule has 2 aromatic rings. The highest BCUT2D eigenvalue weighted by atomic mass is 32.2. The molecule has 19 heavy (non-hydrogen) atoms. The second kappa shape index (κ2) is 4.58. The van der Waals surface area contributed by atoms with Crippen molar-refractivity contribution in [3.8, 4) is 5.75 Å². The molecule has 0 unspecified atom stereocenters. The van der Waals surface area contributed by atoms with E-state index < -0.39 is 10.0 Å². The summed E-state index contributed by atoms with van der Waals surface area (Å²) in [6.07, 6.45) is 0. The number of anilines is 1. The molecule has 1 aromatic carbocycles. The predicted molar refractivity (Wildman–Crippen MR) is 71.7 cm³/mol. The van der Waals surface area contributed by atoms with Crippen LogP contribution in [0.15, 0.2) is 23.1 Å². The van der Waals surface area contributed by atoms with Crippen LogP contribution in [0, 0.1) is 20.8 Å². The van der Waals surface area contributed by atoms with Gasteiger partial charge in [0.05, 0.1) is 17.1 Å². The van der Waals surface area contributed by atoms with E-state index in [4.69, 9.17) is 0 Å². The lowest BCUT2D eigenvalue weighted by Gasteiger charge is -2.09. The number of rotatable bonds is 3. The van der Waals surface area contributed by atoms with E-state index in [1.54, 1.807) is 32.9 Å². The van der Waals surface area contributed by atoms with Gasteiger partial charge in [0.1, 0.15) is 10.6 Å². The summed E-state index contributed by atoms with van der Waals surface area (Å²) >= 11 is 0. The van der Waals surface area contributed by atoms with Gasteiger partial charge in [0.25, 0.3) is 10.0 Å². The largest absolute Gasteiger partial charge is 0.508 e. The van der Waals surface area contributed by atoms with E-state index in [9.17, 15) is 13.5 Å². The fourth-order valence-corrected chi connectivity index (χ4v) is 3.24. The number of phenols is 1. The minimum absolute atomic E-state index is 0.0424. The number of aryl methyl sites for hydroxylation is 3. The number of benzene rings is 1. The number of hydrogen-bond donors (Lipinski definition) is 3. The zero-order chi connectivity index (χ0) is 14.2. The molecular formula is C12H15N3O3S. The van der Waals surface area contributed by atoms with E-state index in [2.05, 4.69) is 14.9 Å². The van der Waals surface area contributed by atoms with E-state index in [0.29, 0.717) is 22.6 Å². The molecule has 2 rings (SSSR count). The molecular weight excluding hydrogens is 266 g/mol. The molecule has 0 atom stereocenters. The molecule has 7 heteroatoms. The third-order valence-electron chi connectivity index (χ3n) is 2.79. The average molecular weight is 281 g/mol. The van der Waals surface area contributed by atoms with Gasteiger partial charge in [0.15, 0.2) is 0 Å². The molecule has 102 valence electrons. The highest BCUT2D eigenvalue weighted by Gasteiger charge is 2.22. The van der Waals surface area contributed by atoms with Gasteiger partial charge in [-0.15, -0.1) is 0 Å². The smallest absolute Gasteiger partial charge is 0.265 e. The van der Waals surface area contributed by atoms with Crippen molar-refractivity contribution in [2.75, 3.05) is 4.72 Å². The Morgan fingerprint density at radius 1 is 1.26 bits per heavy atom. The van der Waals surface area contributed by atoms with Gasteiger partial charge in [-0.1, -0.05) is 6.07 Å². The van der Waals surface area contributed by atoms with Gasteiger partial charge in [-0.05, 0) is 32.4 Å². The Balaban J connectivity index is 2.39. The highest BCUT2D eigenvalue weighted by Crippen LogP contribution is 2.25. The van der Waals surface area contributed by atoms with Crippen LogP contribution in [0.25, 0.3) is 0 Å². The van der Waals surface area contributed by atoms with Crippen LogP contribution in [-0.4, -0.2) is 23.7 Å². The van der Waals surface area contributed by atoms with Crippen LogP contribution < -0.4 is 4.72 Å². The molecule has 0 spiro atoms. The van der Waals surface area contributed by atoms with Crippen molar-refractivity contribution in [2.45, 2.75) is 25.7 Å². The monoisotopic (exact) mass is 281 g/mol. The molecule has 0 fully saturated rings. The van der Waals surface area contributed by atoms with E-state index >= 15 is 0 Å². The second-order valence-electron chi connectivity index (χ2n) is 4.37. The molecule has 0 aliphatic heterocycles. The van der Waals surface area contributed by atoms with Gasteiger partial charge >= 0.3 is 0 Å². The van der Waals surface area contributed by atoms with Crippen molar-refractivity contribution in [1.82, 2.24) is 10.2 Å². The van der Waals surface area contributed by atoms with Crippen LogP contribution in [0.4, 0.5) is 5.69 Å². The molecule has 6 nitrogen and oxygen atoms in total. The van der Waals surface area contributed by atoms with Crippen LogP contribution in [0.2, 0.25) is 0 Å². The zero-order valence-corrected chi connectivity index (χ0v) is 11.7. The average Bonchev–Trinajstić information content (AvgIpc) is 2.64. The van der Waals surface area contributed by atoms with Crippen molar-refractivity contribution in [3.63, 3.8) is 0 Å². The second-order valence-corrected chi connectivity index (χ2v) is 5.99. The first-order chi connectivity index (χ1) is 8.81. The Bertz CT molecular complexity index is 700. The lowest BCUT2D eigenvalue weighted by molar-refractivity contribution is 0.471. The van der Waals surface area contributed by atoms with Crippen LogP contribution in [0.1, 0.15) is 17.0 Å². The summed E-state index contributed by atoms with van der Waals surface area (Å²) in [5.41, 5.74) is 1.87. The van der Waals surface area contributed by atoms with E-state index in [1.807, 2.05) is 0 Å². The molecule has 0 amide bonds. The molecule has 0 saturated carbocycles. The third kappa shape index (κ3) is 2.55. The molecule has 0 aliphatic carbocycles. The molecule has 3 N–H and O–H groups in total. The predicted octanol–water partition coefficient (Wildman–Crippen LogP) is 1.84. The Kier molecular flexibility index (Phi) is 3.23. The molecule has 0 radical (unpaired) electrons. The molecule has 1 heterocycles. The van der Waals surface area contributed by atoms with Crippen LogP contribution in [0.5, 0.6) is 5.75 Å². The number of H-pyrrole nitrogens is 1. The van der Waals surface area contributed by atoms with E-state index in [1.165, 1.54) is 6.07 Å². The molecule has 0 bridgehead atoms. The lowest BCUT2D eigenvalue weighted by atomic mass is 10.2. The summed E-state index contributed by atoms with van der Waals surface area (Å²) in [5, 5.41) is 16.1. The first-order valence-electron chi connectivity index (χ1n) is 5.65. The van der Waals surface area contributed by atoms with Crippen molar-refractivity contribution in [3.05, 3.63) is 35.2 Å². The third-order valence-corrected chi connectivity index (χ3v) is 4.43. The van der Waals surface area contributed by atoms with E-state index in [-0.39, 0.29) is 10.6 Å². The lowest BCUT2D eigenvalue weighted by Crippen LogP contribution is -2.14. The number of phenolic OH excluding ortho intramolecular Hbond substituents is 1. The summed E-state index contributed by atoms with van der Waals surface area (Å²) in [6, 6.07) is 4.61. The summed E-state index contributed by atoms with van der Waals surface area (Å²) in [4.78, 5) is 0.132. The van der Waals surface area contributed by atoms with Crippen LogP contribution in [-0.2, 0) is 10.0 Å². The molecule has 0 aliphatic rings. The van der Waals surface area contributed by atoms with Crippen LogP contribution >= 0.6 is 0 Å². The zero-order valence-electron chi connectivity index (χ0n) is 10.9. The van der Waals surface area contributed by atoms with Gasteiger partial charge < -0.3 is 5.11 Å². The SMILES string of the molecule is Cc1ccc(NS(=O)(=O)c2c(C)n[nH]c2C)cc1O. The van der Waals surface area contributed by atoms with Crippen molar-refractivity contribution >= 4 is 15.7 Å². The van der Waals surface area contributed by atoms with Gasteiger partial charge in [0, 0.05) is 6.07 Å². The Hall–Kier alpha value is -2.02. The number of nitrogens with zero attached hydrogens (tertiary/aromatic N) is 1. The van der Waals surface area contributed by atoms with Crippen molar-refractivity contribution in [2.24, 2.45) is 0 Å². The number of aromatic hydroxyl groups is 1. The molecule has 1 aromatic heterocycles. The minimum Gasteiger partial charge on any atom is -0.508 e. The Morgan fingerprint density at radius 3 is 2.47 bits per heavy atom.